The molecule has 0 aliphatic carbocycles. The Morgan fingerprint density at radius 2 is 2.12 bits per heavy atom. The van der Waals surface area contributed by atoms with Crippen molar-refractivity contribution in [2.45, 2.75) is 38.8 Å². The van der Waals surface area contributed by atoms with Crippen LogP contribution in [0.15, 0.2) is 52.2 Å². The maximum atomic E-state index is 5.33. The van der Waals surface area contributed by atoms with E-state index in [2.05, 4.69) is 48.7 Å². The number of piperidine rings is 1. The summed E-state index contributed by atoms with van der Waals surface area (Å²) in [5.41, 5.74) is 1.13. The number of rotatable bonds is 8. The first-order valence-corrected chi connectivity index (χ1v) is 10.9. The summed E-state index contributed by atoms with van der Waals surface area (Å²) >= 11 is 0. The largest absolute Gasteiger partial charge is 0.461 e. The maximum Gasteiger partial charge on any atom is 0.216 e. The molecule has 0 amide bonds. The molecule has 1 aliphatic heterocycles. The normalized spacial score (nSPS) is 15.3. The highest BCUT2D eigenvalue weighted by molar-refractivity contribution is 14.0. The molecule has 9 nitrogen and oxygen atoms in total. The minimum atomic E-state index is 0. The van der Waals surface area contributed by atoms with Gasteiger partial charge in [-0.3, -0.25) is 20.0 Å². The van der Waals surface area contributed by atoms with Gasteiger partial charge in [-0.05, 0) is 44.0 Å². The predicted molar refractivity (Wildman–Crippen MR) is 135 cm³/mol. The van der Waals surface area contributed by atoms with E-state index >= 15 is 0 Å². The van der Waals surface area contributed by atoms with Crippen LogP contribution in [0, 0.1) is 0 Å². The van der Waals surface area contributed by atoms with Gasteiger partial charge in [-0.25, -0.2) is 4.98 Å². The second-order valence-corrected chi connectivity index (χ2v) is 7.61. The van der Waals surface area contributed by atoms with Crippen LogP contribution in [0.25, 0.3) is 11.6 Å². The van der Waals surface area contributed by atoms with E-state index in [1.165, 1.54) is 0 Å². The average molecular weight is 550 g/mol. The van der Waals surface area contributed by atoms with Crippen molar-refractivity contribution in [2.24, 2.45) is 4.99 Å². The predicted octanol–water partition coefficient (Wildman–Crippen LogP) is 2.84. The summed E-state index contributed by atoms with van der Waals surface area (Å²) in [6, 6.07) is 10.2. The molecule has 1 aliphatic rings. The number of pyridine rings is 1. The van der Waals surface area contributed by atoms with E-state index in [9.17, 15) is 0 Å². The van der Waals surface area contributed by atoms with Crippen molar-refractivity contribution >= 4 is 29.9 Å². The number of hydrogen-bond donors (Lipinski definition) is 3. The Hall–Kier alpha value is -2.47. The summed E-state index contributed by atoms with van der Waals surface area (Å²) in [6.07, 6.45) is 6.34. The average Bonchev–Trinajstić information content (AvgIpc) is 3.48. The first kappa shape index (κ1) is 24.2. The lowest BCUT2D eigenvalue weighted by atomic mass is 10.0. The van der Waals surface area contributed by atoms with Crippen LogP contribution in [-0.4, -0.2) is 63.2 Å². The van der Waals surface area contributed by atoms with Crippen molar-refractivity contribution in [3.63, 3.8) is 0 Å². The second kappa shape index (κ2) is 12.5. The van der Waals surface area contributed by atoms with Gasteiger partial charge >= 0.3 is 0 Å². The zero-order chi connectivity index (χ0) is 21.3. The lowest BCUT2D eigenvalue weighted by Gasteiger charge is -2.32. The topological polar surface area (TPSA) is 107 Å². The Balaban J connectivity index is 0.00000289. The number of nitrogens with one attached hydrogen (secondary N) is 3. The molecule has 1 saturated heterocycles. The summed E-state index contributed by atoms with van der Waals surface area (Å²) in [4.78, 5) is 16.1. The van der Waals surface area contributed by atoms with Crippen molar-refractivity contribution in [3.05, 3.63) is 54.3 Å². The first-order chi connectivity index (χ1) is 15.3. The molecule has 3 aromatic rings. The number of halogens is 1. The third-order valence-electron chi connectivity index (χ3n) is 5.28. The van der Waals surface area contributed by atoms with Crippen LogP contribution < -0.4 is 10.6 Å². The molecule has 172 valence electrons. The lowest BCUT2D eigenvalue weighted by Crippen LogP contribution is -2.48. The van der Waals surface area contributed by atoms with Crippen molar-refractivity contribution in [1.29, 1.82) is 0 Å². The summed E-state index contributed by atoms with van der Waals surface area (Å²) in [6.45, 7) is 6.57. The molecule has 0 bridgehead atoms. The number of nitrogens with zero attached hydrogens (tertiary/aromatic N) is 5. The summed E-state index contributed by atoms with van der Waals surface area (Å²) < 4.78 is 5.33. The molecule has 0 atom stereocenters. The first-order valence-electron chi connectivity index (χ1n) is 10.9. The SMILES string of the molecule is CCNC(=NCCc1nc(-c2ccco2)n[nH]1)NC1CCN(Cc2ccccn2)CC1.I. The van der Waals surface area contributed by atoms with E-state index in [0.29, 0.717) is 30.6 Å². The van der Waals surface area contributed by atoms with Gasteiger partial charge in [0, 0.05) is 51.4 Å². The van der Waals surface area contributed by atoms with Crippen LogP contribution in [0.4, 0.5) is 0 Å². The highest BCUT2D eigenvalue weighted by Gasteiger charge is 2.20. The zero-order valence-electron chi connectivity index (χ0n) is 18.3. The van der Waals surface area contributed by atoms with E-state index in [0.717, 1.165) is 56.5 Å². The minimum absolute atomic E-state index is 0. The zero-order valence-corrected chi connectivity index (χ0v) is 20.7. The minimum Gasteiger partial charge on any atom is -0.461 e. The van der Waals surface area contributed by atoms with Crippen LogP contribution in [0.5, 0.6) is 0 Å². The molecular weight excluding hydrogens is 519 g/mol. The van der Waals surface area contributed by atoms with Crippen LogP contribution in [-0.2, 0) is 13.0 Å². The highest BCUT2D eigenvalue weighted by atomic mass is 127. The molecule has 0 radical (unpaired) electrons. The van der Waals surface area contributed by atoms with Crippen LogP contribution in [0.2, 0.25) is 0 Å². The maximum absolute atomic E-state index is 5.33. The molecule has 0 spiro atoms. The van der Waals surface area contributed by atoms with Gasteiger partial charge < -0.3 is 15.1 Å². The number of furan rings is 1. The molecule has 4 heterocycles. The summed E-state index contributed by atoms with van der Waals surface area (Å²) in [7, 11) is 0. The van der Waals surface area contributed by atoms with Gasteiger partial charge in [-0.2, -0.15) is 5.10 Å². The highest BCUT2D eigenvalue weighted by Crippen LogP contribution is 2.15. The summed E-state index contributed by atoms with van der Waals surface area (Å²) in [5, 5.41) is 14.1. The summed E-state index contributed by atoms with van der Waals surface area (Å²) in [5.74, 6) is 2.90. The molecule has 0 unspecified atom stereocenters. The Morgan fingerprint density at radius 1 is 1.25 bits per heavy atom. The fourth-order valence-electron chi connectivity index (χ4n) is 3.67. The van der Waals surface area contributed by atoms with Gasteiger partial charge in [0.1, 0.15) is 5.82 Å². The Morgan fingerprint density at radius 3 is 2.84 bits per heavy atom. The Labute approximate surface area is 205 Å². The van der Waals surface area contributed by atoms with Crippen molar-refractivity contribution < 1.29 is 4.42 Å². The van der Waals surface area contributed by atoms with Gasteiger partial charge in [0.2, 0.25) is 5.82 Å². The van der Waals surface area contributed by atoms with Crippen molar-refractivity contribution in [1.82, 2.24) is 35.7 Å². The van der Waals surface area contributed by atoms with E-state index in [-0.39, 0.29) is 24.0 Å². The van der Waals surface area contributed by atoms with Crippen LogP contribution in [0.3, 0.4) is 0 Å². The van der Waals surface area contributed by atoms with E-state index in [1.54, 1.807) is 6.26 Å². The number of aromatic amines is 1. The van der Waals surface area contributed by atoms with Crippen LogP contribution in [0.1, 0.15) is 31.3 Å². The van der Waals surface area contributed by atoms with Gasteiger partial charge in [-0.15, -0.1) is 24.0 Å². The molecule has 10 heteroatoms. The molecule has 3 N–H and O–H groups in total. The Kier molecular flexibility index (Phi) is 9.47. The van der Waals surface area contributed by atoms with E-state index in [4.69, 9.17) is 9.41 Å². The van der Waals surface area contributed by atoms with Gasteiger partial charge in [0.15, 0.2) is 11.7 Å². The van der Waals surface area contributed by atoms with E-state index < -0.39 is 0 Å². The Bertz CT molecular complexity index is 936. The smallest absolute Gasteiger partial charge is 0.216 e. The van der Waals surface area contributed by atoms with Crippen LogP contribution >= 0.6 is 24.0 Å². The molecule has 4 rings (SSSR count). The fraction of sp³-hybridized carbons (Fsp3) is 0.455. The third kappa shape index (κ3) is 7.02. The number of H-pyrrole nitrogens is 1. The van der Waals surface area contributed by atoms with Crippen molar-refractivity contribution in [3.8, 4) is 11.6 Å². The molecule has 0 saturated carbocycles. The van der Waals surface area contributed by atoms with Gasteiger partial charge in [0.25, 0.3) is 0 Å². The number of hydrogen-bond acceptors (Lipinski definition) is 6. The van der Waals surface area contributed by atoms with Gasteiger partial charge in [0.05, 0.1) is 12.0 Å². The molecule has 0 aromatic carbocycles. The molecule has 32 heavy (non-hydrogen) atoms. The quantitative estimate of drug-likeness (QED) is 0.225. The van der Waals surface area contributed by atoms with Gasteiger partial charge in [-0.1, -0.05) is 6.07 Å². The monoisotopic (exact) mass is 550 g/mol. The second-order valence-electron chi connectivity index (χ2n) is 7.61. The standard InChI is InChI=1S/C22H30N8O.HI/c1-2-23-22(25-12-8-20-27-21(29-28-20)19-7-5-15-31-19)26-17-9-13-30(14-10-17)16-18-6-3-4-11-24-18;/h3-7,11,15,17H,2,8-10,12-14,16H2,1H3,(H2,23,25,26)(H,27,28,29);1H. The molecule has 1 fully saturated rings. The van der Waals surface area contributed by atoms with Crippen molar-refractivity contribution in [2.75, 3.05) is 26.2 Å². The fourth-order valence-corrected chi connectivity index (χ4v) is 3.67. The lowest BCUT2D eigenvalue weighted by molar-refractivity contribution is 0.196. The number of guanidine groups is 1. The molecule has 3 aromatic heterocycles. The number of aliphatic imine (C=N–C) groups is 1. The molecular formula is C22H31IN8O. The van der Waals surface area contributed by atoms with E-state index in [1.807, 2.05) is 30.5 Å². The number of likely N-dealkylation sites (tertiary alicyclic amines) is 1. The third-order valence-corrected chi connectivity index (χ3v) is 5.28. The number of aromatic nitrogens is 4.